The second-order valence-corrected chi connectivity index (χ2v) is 8.02. The van der Waals surface area contributed by atoms with Crippen LogP contribution in [0, 0.1) is 0 Å². The third-order valence-corrected chi connectivity index (χ3v) is 6.21. The fourth-order valence-corrected chi connectivity index (χ4v) is 4.65. The molecule has 0 aliphatic carbocycles. The lowest BCUT2D eigenvalue weighted by atomic mass is 10.1. The second-order valence-electron chi connectivity index (χ2n) is 5.20. The fourth-order valence-electron chi connectivity index (χ4n) is 2.65. The third-order valence-electron chi connectivity index (χ3n) is 3.83. The SMILES string of the molecule is COc1ccc(CN2Cc3cc(Br)ccc3S2(=O)=O)c(OC)c1. The maximum Gasteiger partial charge on any atom is 0.244 e. The molecule has 2 aromatic carbocycles. The molecule has 2 aromatic rings. The lowest BCUT2D eigenvalue weighted by molar-refractivity contribution is 0.375. The summed E-state index contributed by atoms with van der Waals surface area (Å²) in [5.74, 6) is 1.28. The number of sulfonamides is 1. The Balaban J connectivity index is 1.93. The Morgan fingerprint density at radius 3 is 2.61 bits per heavy atom. The van der Waals surface area contributed by atoms with Crippen molar-refractivity contribution in [2.45, 2.75) is 18.0 Å². The normalized spacial score (nSPS) is 16.1. The highest BCUT2D eigenvalue weighted by atomic mass is 79.9. The molecular formula is C16H16BrNO4S. The van der Waals surface area contributed by atoms with E-state index in [0.717, 1.165) is 15.6 Å². The van der Waals surface area contributed by atoms with E-state index in [-0.39, 0.29) is 6.54 Å². The zero-order valence-electron chi connectivity index (χ0n) is 12.7. The van der Waals surface area contributed by atoms with Crippen molar-refractivity contribution in [2.75, 3.05) is 14.2 Å². The van der Waals surface area contributed by atoms with E-state index in [1.165, 1.54) is 4.31 Å². The molecule has 0 bridgehead atoms. The van der Waals surface area contributed by atoms with E-state index < -0.39 is 10.0 Å². The summed E-state index contributed by atoms with van der Waals surface area (Å²) in [6.07, 6.45) is 0. The number of hydrogen-bond donors (Lipinski definition) is 0. The maximum absolute atomic E-state index is 12.7. The van der Waals surface area contributed by atoms with E-state index in [1.807, 2.05) is 12.1 Å². The van der Waals surface area contributed by atoms with Gasteiger partial charge >= 0.3 is 0 Å². The van der Waals surface area contributed by atoms with E-state index in [9.17, 15) is 8.42 Å². The molecule has 0 atom stereocenters. The van der Waals surface area contributed by atoms with E-state index in [4.69, 9.17) is 9.47 Å². The van der Waals surface area contributed by atoms with Crippen LogP contribution in [-0.4, -0.2) is 26.9 Å². The minimum absolute atomic E-state index is 0.252. The van der Waals surface area contributed by atoms with E-state index in [2.05, 4.69) is 15.9 Å². The smallest absolute Gasteiger partial charge is 0.244 e. The number of hydrogen-bond acceptors (Lipinski definition) is 4. The van der Waals surface area contributed by atoms with Gasteiger partial charge in [-0.2, -0.15) is 4.31 Å². The third kappa shape index (κ3) is 2.96. The summed E-state index contributed by atoms with van der Waals surface area (Å²) < 4.78 is 38.2. The van der Waals surface area contributed by atoms with Gasteiger partial charge in [0.15, 0.2) is 0 Å². The number of halogens is 1. The van der Waals surface area contributed by atoms with Gasteiger partial charge in [-0.1, -0.05) is 22.0 Å². The average Bonchev–Trinajstić information content (AvgIpc) is 2.77. The van der Waals surface area contributed by atoms with Crippen LogP contribution in [0.15, 0.2) is 45.8 Å². The van der Waals surface area contributed by atoms with Gasteiger partial charge < -0.3 is 9.47 Å². The summed E-state index contributed by atoms with van der Waals surface area (Å²) in [5, 5.41) is 0. The van der Waals surface area contributed by atoms with Crippen LogP contribution in [0.25, 0.3) is 0 Å². The summed E-state index contributed by atoms with van der Waals surface area (Å²) in [5.41, 5.74) is 1.59. The Hall–Kier alpha value is -1.57. The van der Waals surface area contributed by atoms with Crippen LogP contribution < -0.4 is 9.47 Å². The number of benzene rings is 2. The molecule has 0 fully saturated rings. The molecular weight excluding hydrogens is 382 g/mol. The highest BCUT2D eigenvalue weighted by molar-refractivity contribution is 9.10. The Bertz CT molecular complexity index is 851. The van der Waals surface area contributed by atoms with E-state index in [0.29, 0.717) is 22.9 Å². The van der Waals surface area contributed by atoms with Crippen molar-refractivity contribution in [2.24, 2.45) is 0 Å². The zero-order valence-corrected chi connectivity index (χ0v) is 15.1. The minimum atomic E-state index is -3.48. The van der Waals surface area contributed by atoms with Crippen molar-refractivity contribution in [3.05, 3.63) is 52.0 Å². The van der Waals surface area contributed by atoms with Crippen LogP contribution in [0.3, 0.4) is 0 Å². The van der Waals surface area contributed by atoms with E-state index >= 15 is 0 Å². The van der Waals surface area contributed by atoms with Gasteiger partial charge in [-0.15, -0.1) is 0 Å². The number of methoxy groups -OCH3 is 2. The average molecular weight is 398 g/mol. The molecule has 0 amide bonds. The monoisotopic (exact) mass is 397 g/mol. The number of ether oxygens (including phenoxy) is 2. The highest BCUT2D eigenvalue weighted by Crippen LogP contribution is 2.35. The lowest BCUT2D eigenvalue weighted by Gasteiger charge is -2.17. The molecule has 0 saturated heterocycles. The molecule has 1 aliphatic heterocycles. The summed E-state index contributed by atoms with van der Waals surface area (Å²) >= 11 is 3.38. The van der Waals surface area contributed by atoms with Gasteiger partial charge in [-0.05, 0) is 29.8 Å². The van der Waals surface area contributed by atoms with Gasteiger partial charge in [0.25, 0.3) is 0 Å². The van der Waals surface area contributed by atoms with Crippen LogP contribution >= 0.6 is 15.9 Å². The van der Waals surface area contributed by atoms with Crippen molar-refractivity contribution in [3.8, 4) is 11.5 Å². The molecule has 122 valence electrons. The zero-order chi connectivity index (χ0) is 16.6. The van der Waals surface area contributed by atoms with Crippen molar-refractivity contribution in [1.82, 2.24) is 4.31 Å². The summed E-state index contributed by atoms with van der Waals surface area (Å²) in [7, 11) is -0.341. The van der Waals surface area contributed by atoms with Crippen LogP contribution in [0.1, 0.15) is 11.1 Å². The topological polar surface area (TPSA) is 55.8 Å². The predicted octanol–water partition coefficient (Wildman–Crippen LogP) is 3.17. The molecule has 0 N–H and O–H groups in total. The summed E-state index contributed by atoms with van der Waals surface area (Å²) in [6.45, 7) is 0.605. The Labute approximate surface area is 144 Å². The molecule has 1 heterocycles. The quantitative estimate of drug-likeness (QED) is 0.794. The molecule has 0 saturated carbocycles. The minimum Gasteiger partial charge on any atom is -0.497 e. The van der Waals surface area contributed by atoms with Crippen LogP contribution in [0.4, 0.5) is 0 Å². The first-order chi connectivity index (χ1) is 11.0. The Morgan fingerprint density at radius 2 is 1.91 bits per heavy atom. The number of nitrogens with zero attached hydrogens (tertiary/aromatic N) is 1. The molecule has 0 unspecified atom stereocenters. The predicted molar refractivity (Wildman–Crippen MR) is 90.1 cm³/mol. The number of rotatable bonds is 4. The molecule has 7 heteroatoms. The first-order valence-electron chi connectivity index (χ1n) is 6.95. The summed E-state index contributed by atoms with van der Waals surface area (Å²) in [6, 6.07) is 10.6. The molecule has 0 aromatic heterocycles. The fraction of sp³-hybridized carbons (Fsp3) is 0.250. The van der Waals surface area contributed by atoms with Crippen molar-refractivity contribution in [3.63, 3.8) is 0 Å². The van der Waals surface area contributed by atoms with Crippen LogP contribution in [0.5, 0.6) is 11.5 Å². The molecule has 0 spiro atoms. The van der Waals surface area contributed by atoms with Crippen molar-refractivity contribution >= 4 is 26.0 Å². The first kappa shape index (κ1) is 16.3. The van der Waals surface area contributed by atoms with E-state index in [1.54, 1.807) is 38.5 Å². The van der Waals surface area contributed by atoms with Crippen LogP contribution in [-0.2, 0) is 23.1 Å². The molecule has 3 rings (SSSR count). The Morgan fingerprint density at radius 1 is 1.13 bits per heavy atom. The second kappa shape index (κ2) is 6.14. The Kier molecular flexibility index (Phi) is 4.35. The molecule has 0 radical (unpaired) electrons. The highest BCUT2D eigenvalue weighted by Gasteiger charge is 2.35. The van der Waals surface area contributed by atoms with Gasteiger partial charge in [0.1, 0.15) is 11.5 Å². The molecule has 23 heavy (non-hydrogen) atoms. The van der Waals surface area contributed by atoms with Gasteiger partial charge in [0.05, 0.1) is 19.1 Å². The lowest BCUT2D eigenvalue weighted by Crippen LogP contribution is -2.24. The standard InChI is InChI=1S/C16H16BrNO4S/c1-21-14-5-3-11(15(8-14)22-2)9-18-10-12-7-13(17)4-6-16(12)23(18,19)20/h3-8H,9-10H2,1-2H3. The number of fused-ring (bicyclic) bond motifs is 1. The maximum atomic E-state index is 12.7. The van der Waals surface area contributed by atoms with Gasteiger partial charge in [0, 0.05) is 29.2 Å². The summed E-state index contributed by atoms with van der Waals surface area (Å²) in [4.78, 5) is 0.369. The molecule has 1 aliphatic rings. The van der Waals surface area contributed by atoms with Gasteiger partial charge in [-0.25, -0.2) is 8.42 Å². The van der Waals surface area contributed by atoms with Gasteiger partial charge in [-0.3, -0.25) is 0 Å². The van der Waals surface area contributed by atoms with Crippen molar-refractivity contribution < 1.29 is 17.9 Å². The largest absolute Gasteiger partial charge is 0.497 e. The van der Waals surface area contributed by atoms with Crippen molar-refractivity contribution in [1.29, 1.82) is 0 Å². The van der Waals surface area contributed by atoms with Crippen LogP contribution in [0.2, 0.25) is 0 Å². The molecule has 5 nitrogen and oxygen atoms in total. The van der Waals surface area contributed by atoms with Gasteiger partial charge in [0.2, 0.25) is 10.0 Å². The first-order valence-corrected chi connectivity index (χ1v) is 9.18.